The fourth-order valence-electron chi connectivity index (χ4n) is 3.25. The molecule has 1 heterocycles. The molecular weight excluding hydrogens is 321 g/mol. The highest BCUT2D eigenvalue weighted by atomic mass is 35.5. The minimum absolute atomic E-state index is 0.0298. The van der Waals surface area contributed by atoms with Crippen LogP contribution in [0.15, 0.2) is 23.1 Å². The van der Waals surface area contributed by atoms with Crippen LogP contribution in [0.1, 0.15) is 12.8 Å². The van der Waals surface area contributed by atoms with Crippen LogP contribution in [-0.2, 0) is 10.0 Å². The number of nitrogens with zero attached hydrogens (tertiary/aromatic N) is 1. The molecule has 0 amide bonds. The zero-order chi connectivity index (χ0) is 14.5. The van der Waals surface area contributed by atoms with E-state index in [-0.39, 0.29) is 26.8 Å². The Morgan fingerprint density at radius 1 is 1.15 bits per heavy atom. The fraction of sp³-hybridized carbons (Fsp3) is 0.538. The molecule has 1 aromatic rings. The summed E-state index contributed by atoms with van der Waals surface area (Å²) in [4.78, 5) is -0.0298. The van der Waals surface area contributed by atoms with E-state index in [1.54, 1.807) is 6.07 Å². The maximum atomic E-state index is 12.7. The summed E-state index contributed by atoms with van der Waals surface area (Å²) in [5, 5.41) is 10.2. The van der Waals surface area contributed by atoms with Gasteiger partial charge in [0, 0.05) is 19.0 Å². The first-order chi connectivity index (χ1) is 9.41. The van der Waals surface area contributed by atoms with Crippen LogP contribution < -0.4 is 0 Å². The maximum absolute atomic E-state index is 12.7. The highest BCUT2D eigenvalue weighted by Crippen LogP contribution is 2.41. The molecule has 1 saturated carbocycles. The zero-order valence-corrected chi connectivity index (χ0v) is 13.0. The van der Waals surface area contributed by atoms with E-state index in [1.165, 1.54) is 16.4 Å². The van der Waals surface area contributed by atoms with Crippen molar-refractivity contribution in [3.63, 3.8) is 0 Å². The van der Waals surface area contributed by atoms with Crippen molar-refractivity contribution in [2.24, 2.45) is 11.8 Å². The van der Waals surface area contributed by atoms with Crippen LogP contribution in [-0.4, -0.2) is 37.0 Å². The van der Waals surface area contributed by atoms with Crippen molar-refractivity contribution < 1.29 is 13.5 Å². The van der Waals surface area contributed by atoms with Gasteiger partial charge in [0.1, 0.15) is 4.90 Å². The molecule has 20 heavy (non-hydrogen) atoms. The Kier molecular flexibility index (Phi) is 3.75. The summed E-state index contributed by atoms with van der Waals surface area (Å²) in [6.45, 7) is 0.779. The molecule has 3 atom stereocenters. The first-order valence-corrected chi connectivity index (χ1v) is 8.73. The number of sulfonamides is 1. The summed E-state index contributed by atoms with van der Waals surface area (Å²) < 4.78 is 26.8. The molecule has 2 aliphatic rings. The van der Waals surface area contributed by atoms with Crippen LogP contribution in [0.5, 0.6) is 0 Å². The summed E-state index contributed by atoms with van der Waals surface area (Å²) in [5.74, 6) is 0.270. The first-order valence-electron chi connectivity index (χ1n) is 6.53. The molecule has 0 radical (unpaired) electrons. The second-order valence-electron chi connectivity index (χ2n) is 5.44. The molecule has 3 unspecified atom stereocenters. The van der Waals surface area contributed by atoms with Crippen LogP contribution in [0.4, 0.5) is 0 Å². The molecular formula is C13H15Cl2NO3S. The number of hydrogen-bond donors (Lipinski definition) is 1. The Hall–Kier alpha value is -0.330. The number of halogens is 2. The molecule has 4 nitrogen and oxygen atoms in total. The molecule has 3 rings (SSSR count). The van der Waals surface area contributed by atoms with Gasteiger partial charge in [-0.25, -0.2) is 8.42 Å². The van der Waals surface area contributed by atoms with Gasteiger partial charge in [-0.1, -0.05) is 29.3 Å². The third kappa shape index (κ3) is 2.25. The summed E-state index contributed by atoms with van der Waals surface area (Å²) in [6.07, 6.45) is 1.23. The van der Waals surface area contributed by atoms with Crippen molar-refractivity contribution in [1.82, 2.24) is 4.31 Å². The van der Waals surface area contributed by atoms with E-state index in [1.807, 2.05) is 0 Å². The Morgan fingerprint density at radius 2 is 1.80 bits per heavy atom. The van der Waals surface area contributed by atoms with Gasteiger partial charge in [-0.15, -0.1) is 0 Å². The molecule has 1 aliphatic carbocycles. The second-order valence-corrected chi connectivity index (χ2v) is 8.13. The third-order valence-electron chi connectivity index (χ3n) is 4.30. The van der Waals surface area contributed by atoms with Crippen LogP contribution in [0.2, 0.25) is 10.0 Å². The molecule has 0 aromatic heterocycles. The Morgan fingerprint density at radius 3 is 2.40 bits per heavy atom. The summed E-state index contributed by atoms with van der Waals surface area (Å²) in [5.41, 5.74) is 0. The molecule has 1 aromatic carbocycles. The SMILES string of the molecule is O=S(=O)(c1c(Cl)cccc1Cl)N1CC2CCC(O)C2C1. The smallest absolute Gasteiger partial charge is 0.246 e. The highest BCUT2D eigenvalue weighted by molar-refractivity contribution is 7.89. The summed E-state index contributed by atoms with van der Waals surface area (Å²) >= 11 is 12.0. The highest BCUT2D eigenvalue weighted by Gasteiger charge is 2.46. The van der Waals surface area contributed by atoms with Gasteiger partial charge in [-0.2, -0.15) is 4.31 Å². The lowest BCUT2D eigenvalue weighted by atomic mass is 10.00. The second kappa shape index (κ2) is 5.14. The summed E-state index contributed by atoms with van der Waals surface area (Å²) in [7, 11) is -3.71. The van der Waals surface area contributed by atoms with E-state index in [9.17, 15) is 13.5 Å². The number of aliphatic hydroxyl groups is 1. The van der Waals surface area contributed by atoms with Gasteiger partial charge in [-0.05, 0) is 30.9 Å². The molecule has 0 spiro atoms. The van der Waals surface area contributed by atoms with Gasteiger partial charge in [0.25, 0.3) is 0 Å². The monoisotopic (exact) mass is 335 g/mol. The van der Waals surface area contributed by atoms with E-state index >= 15 is 0 Å². The molecule has 0 bridgehead atoms. The van der Waals surface area contributed by atoms with Gasteiger partial charge in [0.2, 0.25) is 10.0 Å². The van der Waals surface area contributed by atoms with Crippen molar-refractivity contribution >= 4 is 33.2 Å². The zero-order valence-electron chi connectivity index (χ0n) is 10.7. The van der Waals surface area contributed by atoms with Crippen LogP contribution in [0.3, 0.4) is 0 Å². The van der Waals surface area contributed by atoms with Crippen molar-refractivity contribution in [3.8, 4) is 0 Å². The number of fused-ring (bicyclic) bond motifs is 1. The molecule has 1 saturated heterocycles. The van der Waals surface area contributed by atoms with Crippen LogP contribution >= 0.6 is 23.2 Å². The van der Waals surface area contributed by atoms with Gasteiger partial charge in [0.15, 0.2) is 0 Å². The number of rotatable bonds is 2. The topological polar surface area (TPSA) is 57.6 Å². The van der Waals surface area contributed by atoms with E-state index in [0.29, 0.717) is 13.1 Å². The quantitative estimate of drug-likeness (QED) is 0.902. The Labute approximate surface area is 128 Å². The average Bonchev–Trinajstić information content (AvgIpc) is 2.92. The predicted octanol–water partition coefficient (Wildman–Crippen LogP) is 2.38. The molecule has 7 heteroatoms. The third-order valence-corrected chi connectivity index (χ3v) is 7.09. The van der Waals surface area contributed by atoms with E-state index in [2.05, 4.69) is 0 Å². The van der Waals surface area contributed by atoms with Crippen LogP contribution in [0.25, 0.3) is 0 Å². The Bertz CT molecular complexity index is 614. The molecule has 110 valence electrons. The molecule has 1 N–H and O–H groups in total. The van der Waals surface area contributed by atoms with E-state index in [0.717, 1.165) is 12.8 Å². The number of benzene rings is 1. The normalized spacial score (nSPS) is 30.6. The number of aliphatic hydroxyl groups excluding tert-OH is 1. The standard InChI is InChI=1S/C13H15Cl2NO3S/c14-10-2-1-3-11(15)13(10)20(18,19)16-6-8-4-5-12(17)9(8)7-16/h1-3,8-9,12,17H,4-7H2. The average molecular weight is 336 g/mol. The van der Waals surface area contributed by atoms with Gasteiger partial charge >= 0.3 is 0 Å². The lowest BCUT2D eigenvalue weighted by Gasteiger charge is -2.19. The Balaban J connectivity index is 1.94. The van der Waals surface area contributed by atoms with Crippen molar-refractivity contribution in [2.75, 3.05) is 13.1 Å². The van der Waals surface area contributed by atoms with Crippen LogP contribution in [0, 0.1) is 11.8 Å². The van der Waals surface area contributed by atoms with Gasteiger partial charge in [-0.3, -0.25) is 0 Å². The van der Waals surface area contributed by atoms with Gasteiger partial charge < -0.3 is 5.11 Å². The molecule has 1 aliphatic heterocycles. The van der Waals surface area contributed by atoms with Gasteiger partial charge in [0.05, 0.1) is 16.1 Å². The van der Waals surface area contributed by atoms with Crippen molar-refractivity contribution in [2.45, 2.75) is 23.8 Å². The largest absolute Gasteiger partial charge is 0.393 e. The van der Waals surface area contributed by atoms with E-state index in [4.69, 9.17) is 23.2 Å². The maximum Gasteiger partial charge on any atom is 0.246 e. The summed E-state index contributed by atoms with van der Waals surface area (Å²) in [6, 6.07) is 4.66. The minimum atomic E-state index is -3.71. The van der Waals surface area contributed by atoms with Crippen molar-refractivity contribution in [1.29, 1.82) is 0 Å². The van der Waals surface area contributed by atoms with E-state index < -0.39 is 16.1 Å². The van der Waals surface area contributed by atoms with Crippen molar-refractivity contribution in [3.05, 3.63) is 28.2 Å². The lowest BCUT2D eigenvalue weighted by Crippen LogP contribution is -2.31. The number of hydrogen-bond acceptors (Lipinski definition) is 3. The first kappa shape index (κ1) is 14.6. The minimum Gasteiger partial charge on any atom is -0.393 e. The predicted molar refractivity (Wildman–Crippen MR) is 77.4 cm³/mol. The molecule has 2 fully saturated rings. The fourth-order valence-corrected chi connectivity index (χ4v) is 5.88. The lowest BCUT2D eigenvalue weighted by molar-refractivity contribution is 0.129.